The lowest BCUT2D eigenvalue weighted by molar-refractivity contribution is 0.182. The van der Waals surface area contributed by atoms with Crippen molar-refractivity contribution in [1.82, 2.24) is 4.90 Å². The van der Waals surface area contributed by atoms with Crippen molar-refractivity contribution in [2.75, 3.05) is 12.4 Å². The number of carbonyl (C=O) groups is 1. The highest BCUT2D eigenvalue weighted by molar-refractivity contribution is 6.30. The molecule has 0 aliphatic heterocycles. The summed E-state index contributed by atoms with van der Waals surface area (Å²) >= 11 is 5.81. The minimum Gasteiger partial charge on any atom is -0.328 e. The van der Waals surface area contributed by atoms with Gasteiger partial charge in [0.25, 0.3) is 0 Å². The highest BCUT2D eigenvalue weighted by Gasteiger charge is 2.24. The largest absolute Gasteiger partial charge is 0.328 e. The van der Waals surface area contributed by atoms with Gasteiger partial charge in [0.1, 0.15) is 0 Å². The molecule has 1 fully saturated rings. The summed E-state index contributed by atoms with van der Waals surface area (Å²) < 4.78 is 0. The fraction of sp³-hybridized carbons (Fsp3) is 0.500. The summed E-state index contributed by atoms with van der Waals surface area (Å²) in [6.45, 7) is 0. The fourth-order valence-electron chi connectivity index (χ4n) is 2.40. The second kappa shape index (κ2) is 6.26. The summed E-state index contributed by atoms with van der Waals surface area (Å²) in [4.78, 5) is 13.9. The second-order valence-corrected chi connectivity index (χ2v) is 5.55. The topological polar surface area (TPSA) is 58.4 Å². The zero-order valence-electron chi connectivity index (χ0n) is 11.1. The van der Waals surface area contributed by atoms with Crippen LogP contribution in [-0.4, -0.2) is 30.1 Å². The van der Waals surface area contributed by atoms with E-state index in [9.17, 15) is 4.79 Å². The van der Waals surface area contributed by atoms with Crippen molar-refractivity contribution in [1.29, 1.82) is 0 Å². The summed E-state index contributed by atoms with van der Waals surface area (Å²) in [6.07, 6.45) is 3.93. The van der Waals surface area contributed by atoms with Gasteiger partial charge in [-0.2, -0.15) is 0 Å². The molecule has 1 aliphatic carbocycles. The molecule has 0 aromatic heterocycles. The molecule has 0 atom stereocenters. The monoisotopic (exact) mass is 281 g/mol. The van der Waals surface area contributed by atoms with Crippen LogP contribution in [0.25, 0.3) is 0 Å². The van der Waals surface area contributed by atoms with Gasteiger partial charge in [-0.15, -0.1) is 0 Å². The summed E-state index contributed by atoms with van der Waals surface area (Å²) in [5.74, 6) is 0. The Hall–Kier alpha value is -1.26. The lowest BCUT2D eigenvalue weighted by Gasteiger charge is -2.33. The van der Waals surface area contributed by atoms with Crippen LogP contribution < -0.4 is 11.1 Å². The van der Waals surface area contributed by atoms with Gasteiger partial charge in [-0.1, -0.05) is 11.6 Å². The molecule has 2 rings (SSSR count). The number of hydrogen-bond acceptors (Lipinski definition) is 2. The van der Waals surface area contributed by atoms with Gasteiger partial charge < -0.3 is 16.0 Å². The molecule has 0 unspecified atom stereocenters. The van der Waals surface area contributed by atoms with Gasteiger partial charge in [-0.25, -0.2) is 4.79 Å². The number of urea groups is 1. The van der Waals surface area contributed by atoms with E-state index in [4.69, 9.17) is 17.3 Å². The average molecular weight is 282 g/mol. The van der Waals surface area contributed by atoms with Crippen LogP contribution in [0.15, 0.2) is 24.3 Å². The van der Waals surface area contributed by atoms with Crippen molar-refractivity contribution in [2.24, 2.45) is 5.73 Å². The molecule has 1 aliphatic rings. The van der Waals surface area contributed by atoms with Crippen LogP contribution >= 0.6 is 11.6 Å². The molecule has 3 N–H and O–H groups in total. The number of anilines is 1. The van der Waals surface area contributed by atoms with Crippen LogP contribution in [0.1, 0.15) is 25.7 Å². The fourth-order valence-corrected chi connectivity index (χ4v) is 2.53. The Kier molecular flexibility index (Phi) is 4.66. The third-order valence-electron chi connectivity index (χ3n) is 3.70. The third-order valence-corrected chi connectivity index (χ3v) is 3.96. The lowest BCUT2D eigenvalue weighted by atomic mass is 9.91. The molecule has 104 valence electrons. The van der Waals surface area contributed by atoms with Crippen molar-refractivity contribution >= 4 is 23.3 Å². The van der Waals surface area contributed by atoms with Gasteiger partial charge in [-0.3, -0.25) is 0 Å². The SMILES string of the molecule is CN(C(=O)Nc1ccc(Cl)cc1)C1CCC(N)CC1. The Morgan fingerprint density at radius 1 is 1.26 bits per heavy atom. The number of benzene rings is 1. The molecule has 1 aromatic carbocycles. The number of nitrogens with zero attached hydrogens (tertiary/aromatic N) is 1. The molecule has 5 heteroatoms. The zero-order chi connectivity index (χ0) is 13.8. The summed E-state index contributed by atoms with van der Waals surface area (Å²) in [7, 11) is 1.84. The maximum Gasteiger partial charge on any atom is 0.321 e. The van der Waals surface area contributed by atoms with E-state index in [1.165, 1.54) is 0 Å². The van der Waals surface area contributed by atoms with Crippen molar-refractivity contribution in [2.45, 2.75) is 37.8 Å². The summed E-state index contributed by atoms with van der Waals surface area (Å²) in [5, 5.41) is 3.53. The Morgan fingerprint density at radius 2 is 1.84 bits per heavy atom. The number of nitrogens with one attached hydrogen (secondary N) is 1. The molecule has 19 heavy (non-hydrogen) atoms. The molecule has 0 spiro atoms. The van der Waals surface area contributed by atoms with Crippen molar-refractivity contribution in [3.05, 3.63) is 29.3 Å². The first-order valence-corrected chi connectivity index (χ1v) is 6.99. The molecule has 0 bridgehead atoms. The van der Waals surface area contributed by atoms with E-state index in [1.54, 1.807) is 29.2 Å². The van der Waals surface area contributed by atoms with Gasteiger partial charge in [0.2, 0.25) is 0 Å². The van der Waals surface area contributed by atoms with Crippen LogP contribution in [0, 0.1) is 0 Å². The maximum atomic E-state index is 12.1. The van der Waals surface area contributed by atoms with Gasteiger partial charge in [0.15, 0.2) is 0 Å². The third kappa shape index (κ3) is 3.85. The van der Waals surface area contributed by atoms with Crippen LogP contribution in [0.2, 0.25) is 5.02 Å². The first-order valence-electron chi connectivity index (χ1n) is 6.61. The van der Waals surface area contributed by atoms with Gasteiger partial charge in [0, 0.05) is 29.8 Å². The Morgan fingerprint density at radius 3 is 2.42 bits per heavy atom. The molecule has 0 radical (unpaired) electrons. The van der Waals surface area contributed by atoms with E-state index in [-0.39, 0.29) is 12.1 Å². The molecule has 4 nitrogen and oxygen atoms in total. The van der Waals surface area contributed by atoms with Crippen molar-refractivity contribution < 1.29 is 4.79 Å². The number of rotatable bonds is 2. The molecule has 1 saturated carbocycles. The lowest BCUT2D eigenvalue weighted by Crippen LogP contribution is -2.43. The quantitative estimate of drug-likeness (QED) is 0.875. The Balaban J connectivity index is 1.90. The second-order valence-electron chi connectivity index (χ2n) is 5.12. The number of nitrogens with two attached hydrogens (primary N) is 1. The molecular weight excluding hydrogens is 262 g/mol. The van der Waals surface area contributed by atoms with Crippen LogP contribution in [0.4, 0.5) is 10.5 Å². The predicted octanol–water partition coefficient (Wildman–Crippen LogP) is 3.07. The smallest absolute Gasteiger partial charge is 0.321 e. The van der Waals surface area contributed by atoms with Crippen LogP contribution in [0.5, 0.6) is 0 Å². The maximum absolute atomic E-state index is 12.1. The summed E-state index contributed by atoms with van der Waals surface area (Å²) in [5.41, 5.74) is 6.64. The molecule has 2 amide bonds. The normalized spacial score (nSPS) is 22.9. The van der Waals surface area contributed by atoms with Crippen LogP contribution in [0.3, 0.4) is 0 Å². The first-order chi connectivity index (χ1) is 9.06. The van der Waals surface area contributed by atoms with E-state index >= 15 is 0 Å². The molecule has 1 aromatic rings. The number of carbonyl (C=O) groups excluding carboxylic acids is 1. The predicted molar refractivity (Wildman–Crippen MR) is 78.5 cm³/mol. The molecular formula is C14H20ClN3O. The highest BCUT2D eigenvalue weighted by atomic mass is 35.5. The van der Waals surface area contributed by atoms with Crippen molar-refractivity contribution in [3.63, 3.8) is 0 Å². The zero-order valence-corrected chi connectivity index (χ0v) is 11.9. The van der Waals surface area contributed by atoms with E-state index in [0.717, 1.165) is 31.4 Å². The molecule has 0 heterocycles. The highest BCUT2D eigenvalue weighted by Crippen LogP contribution is 2.22. The Labute approximate surface area is 118 Å². The first kappa shape index (κ1) is 14.2. The van der Waals surface area contributed by atoms with E-state index < -0.39 is 0 Å². The molecule has 0 saturated heterocycles. The number of amides is 2. The van der Waals surface area contributed by atoms with Gasteiger partial charge in [0.05, 0.1) is 0 Å². The van der Waals surface area contributed by atoms with Gasteiger partial charge >= 0.3 is 6.03 Å². The Bertz CT molecular complexity index is 427. The summed E-state index contributed by atoms with van der Waals surface area (Å²) in [6, 6.07) is 7.61. The van der Waals surface area contributed by atoms with E-state index in [2.05, 4.69) is 5.32 Å². The average Bonchev–Trinajstić information content (AvgIpc) is 2.41. The van der Waals surface area contributed by atoms with E-state index in [1.807, 2.05) is 7.05 Å². The van der Waals surface area contributed by atoms with Crippen molar-refractivity contribution in [3.8, 4) is 0 Å². The minimum atomic E-state index is -0.0807. The van der Waals surface area contributed by atoms with Gasteiger partial charge in [-0.05, 0) is 49.9 Å². The number of hydrogen-bond donors (Lipinski definition) is 2. The minimum absolute atomic E-state index is 0.0807. The van der Waals surface area contributed by atoms with E-state index in [0.29, 0.717) is 11.1 Å². The van der Waals surface area contributed by atoms with Crippen LogP contribution in [-0.2, 0) is 0 Å². The number of halogens is 1. The standard InChI is InChI=1S/C14H20ClN3O/c1-18(13-8-4-11(16)5-9-13)14(19)17-12-6-2-10(15)3-7-12/h2-3,6-7,11,13H,4-5,8-9,16H2,1H3,(H,17,19).